The molecule has 0 aromatic heterocycles. The van der Waals surface area contributed by atoms with E-state index < -0.39 is 0 Å². The van der Waals surface area contributed by atoms with Crippen molar-refractivity contribution in [1.29, 1.82) is 0 Å². The Kier molecular flexibility index (Phi) is 4.96. The van der Waals surface area contributed by atoms with Crippen LogP contribution in [-0.4, -0.2) is 11.0 Å². The quantitative estimate of drug-likeness (QED) is 0.628. The van der Waals surface area contributed by atoms with E-state index in [2.05, 4.69) is 40.3 Å². The number of hydrogen-bond donors (Lipinski definition) is 1. The first-order valence-corrected chi connectivity index (χ1v) is 7.51. The third-order valence-corrected chi connectivity index (χ3v) is 3.82. The van der Waals surface area contributed by atoms with Crippen LogP contribution in [-0.2, 0) is 6.42 Å². The van der Waals surface area contributed by atoms with Gasteiger partial charge >= 0.3 is 0 Å². The summed E-state index contributed by atoms with van der Waals surface area (Å²) < 4.78 is 1.06. The molecular formula is C16H17BrN2O2. The van der Waals surface area contributed by atoms with Crippen molar-refractivity contribution < 1.29 is 4.92 Å². The first kappa shape index (κ1) is 15.5. The van der Waals surface area contributed by atoms with E-state index in [1.54, 1.807) is 12.1 Å². The van der Waals surface area contributed by atoms with E-state index in [9.17, 15) is 10.1 Å². The van der Waals surface area contributed by atoms with Gasteiger partial charge in [0.15, 0.2) is 0 Å². The molecule has 21 heavy (non-hydrogen) atoms. The van der Waals surface area contributed by atoms with Gasteiger partial charge < -0.3 is 5.32 Å². The average Bonchev–Trinajstić information content (AvgIpc) is 2.43. The molecule has 0 spiro atoms. The topological polar surface area (TPSA) is 55.2 Å². The van der Waals surface area contributed by atoms with Crippen LogP contribution in [0.15, 0.2) is 46.9 Å². The van der Waals surface area contributed by atoms with Crippen LogP contribution in [0.25, 0.3) is 0 Å². The Morgan fingerprint density at radius 2 is 1.90 bits per heavy atom. The molecule has 0 bridgehead atoms. The first-order valence-electron chi connectivity index (χ1n) is 6.71. The number of aryl methyl sites for hydroxylation is 1. The fourth-order valence-corrected chi connectivity index (χ4v) is 2.43. The van der Waals surface area contributed by atoms with Crippen LogP contribution < -0.4 is 5.32 Å². The van der Waals surface area contributed by atoms with Crippen molar-refractivity contribution >= 4 is 27.3 Å². The second-order valence-corrected chi connectivity index (χ2v) is 6.05. The summed E-state index contributed by atoms with van der Waals surface area (Å²) in [5.74, 6) is 0. The minimum absolute atomic E-state index is 0.110. The highest BCUT2D eigenvalue weighted by Gasteiger charge is 2.11. The van der Waals surface area contributed by atoms with Gasteiger partial charge in [-0.15, -0.1) is 0 Å². The summed E-state index contributed by atoms with van der Waals surface area (Å²) in [6, 6.07) is 13.2. The van der Waals surface area contributed by atoms with Gasteiger partial charge in [-0.05, 0) is 43.5 Å². The SMILES string of the molecule is Cc1ccc([N+](=O)[O-])cc1NC(C)Cc1ccc(Br)cc1. The van der Waals surface area contributed by atoms with E-state index in [0.717, 1.165) is 22.1 Å². The largest absolute Gasteiger partial charge is 0.382 e. The second-order valence-electron chi connectivity index (χ2n) is 5.13. The molecule has 1 unspecified atom stereocenters. The van der Waals surface area contributed by atoms with Gasteiger partial charge in [0.05, 0.1) is 4.92 Å². The number of anilines is 1. The van der Waals surface area contributed by atoms with Crippen molar-refractivity contribution in [3.05, 3.63) is 68.2 Å². The molecule has 0 heterocycles. The highest BCUT2D eigenvalue weighted by Crippen LogP contribution is 2.23. The Bertz CT molecular complexity index is 641. The number of nitro groups is 1. The molecule has 0 fully saturated rings. The predicted octanol–water partition coefficient (Wildman–Crippen LogP) is 4.71. The standard InChI is InChI=1S/C16H17BrN2O2/c1-11-3-8-15(19(20)21)10-16(11)18-12(2)9-13-4-6-14(17)7-5-13/h3-8,10,12,18H,9H2,1-2H3. The Morgan fingerprint density at radius 3 is 2.52 bits per heavy atom. The summed E-state index contributed by atoms with van der Waals surface area (Å²) in [5.41, 5.74) is 3.15. The molecule has 2 aromatic rings. The Morgan fingerprint density at radius 1 is 1.24 bits per heavy atom. The minimum Gasteiger partial charge on any atom is -0.382 e. The summed E-state index contributed by atoms with van der Waals surface area (Å²) in [5, 5.41) is 14.2. The van der Waals surface area contributed by atoms with Crippen molar-refractivity contribution in [2.24, 2.45) is 0 Å². The van der Waals surface area contributed by atoms with Crippen LogP contribution >= 0.6 is 15.9 Å². The zero-order valence-electron chi connectivity index (χ0n) is 12.0. The second kappa shape index (κ2) is 6.72. The number of rotatable bonds is 5. The number of nitrogens with one attached hydrogen (secondary N) is 1. The molecule has 1 atom stereocenters. The molecule has 0 aliphatic rings. The fourth-order valence-electron chi connectivity index (χ4n) is 2.17. The molecule has 2 aromatic carbocycles. The minimum atomic E-state index is -0.371. The molecular weight excluding hydrogens is 332 g/mol. The van der Waals surface area contributed by atoms with E-state index in [1.165, 1.54) is 11.6 Å². The fraction of sp³-hybridized carbons (Fsp3) is 0.250. The van der Waals surface area contributed by atoms with Crippen LogP contribution in [0.3, 0.4) is 0 Å². The van der Waals surface area contributed by atoms with Crippen molar-refractivity contribution in [3.8, 4) is 0 Å². The van der Waals surface area contributed by atoms with Gasteiger partial charge in [-0.1, -0.05) is 34.1 Å². The van der Waals surface area contributed by atoms with Crippen molar-refractivity contribution in [2.45, 2.75) is 26.3 Å². The van der Waals surface area contributed by atoms with E-state index in [4.69, 9.17) is 0 Å². The maximum Gasteiger partial charge on any atom is 0.271 e. The van der Waals surface area contributed by atoms with Crippen molar-refractivity contribution in [1.82, 2.24) is 0 Å². The lowest BCUT2D eigenvalue weighted by Gasteiger charge is -2.17. The van der Waals surface area contributed by atoms with Crippen LogP contribution in [0, 0.1) is 17.0 Å². The molecule has 110 valence electrons. The smallest absolute Gasteiger partial charge is 0.271 e. The Balaban J connectivity index is 2.08. The predicted molar refractivity (Wildman–Crippen MR) is 88.8 cm³/mol. The summed E-state index contributed by atoms with van der Waals surface area (Å²) >= 11 is 3.42. The molecule has 0 saturated heterocycles. The number of benzene rings is 2. The lowest BCUT2D eigenvalue weighted by molar-refractivity contribution is -0.384. The maximum absolute atomic E-state index is 10.8. The van der Waals surface area contributed by atoms with Crippen LogP contribution in [0.2, 0.25) is 0 Å². The summed E-state index contributed by atoms with van der Waals surface area (Å²) in [4.78, 5) is 10.5. The monoisotopic (exact) mass is 348 g/mol. The van der Waals surface area contributed by atoms with Gasteiger partial charge in [0.1, 0.15) is 0 Å². The molecule has 0 aliphatic heterocycles. The van der Waals surface area contributed by atoms with E-state index in [0.29, 0.717) is 0 Å². The first-order chi connectivity index (χ1) is 9.95. The molecule has 0 aliphatic carbocycles. The van der Waals surface area contributed by atoms with Gasteiger partial charge in [0.25, 0.3) is 5.69 Å². The molecule has 0 radical (unpaired) electrons. The number of non-ortho nitro benzene ring substituents is 1. The Labute approximate surface area is 132 Å². The molecule has 0 amide bonds. The van der Waals surface area contributed by atoms with Crippen LogP contribution in [0.5, 0.6) is 0 Å². The normalized spacial score (nSPS) is 12.0. The van der Waals surface area contributed by atoms with Crippen LogP contribution in [0.4, 0.5) is 11.4 Å². The highest BCUT2D eigenvalue weighted by molar-refractivity contribution is 9.10. The van der Waals surface area contributed by atoms with E-state index >= 15 is 0 Å². The van der Waals surface area contributed by atoms with Crippen LogP contribution in [0.1, 0.15) is 18.1 Å². The Hall–Kier alpha value is -1.88. The molecule has 1 N–H and O–H groups in total. The molecule has 5 heteroatoms. The van der Waals surface area contributed by atoms with Gasteiger partial charge in [0, 0.05) is 28.3 Å². The number of nitro benzene ring substituents is 1. The summed E-state index contributed by atoms with van der Waals surface area (Å²) in [6.07, 6.45) is 0.857. The van der Waals surface area contributed by atoms with Gasteiger partial charge in [-0.25, -0.2) is 0 Å². The van der Waals surface area contributed by atoms with Gasteiger partial charge in [-0.2, -0.15) is 0 Å². The zero-order chi connectivity index (χ0) is 15.4. The average molecular weight is 349 g/mol. The third-order valence-electron chi connectivity index (χ3n) is 3.29. The number of halogens is 1. The summed E-state index contributed by atoms with van der Waals surface area (Å²) in [7, 11) is 0. The molecule has 4 nitrogen and oxygen atoms in total. The number of hydrogen-bond acceptors (Lipinski definition) is 3. The lowest BCUT2D eigenvalue weighted by Crippen LogP contribution is -2.18. The van der Waals surface area contributed by atoms with Gasteiger partial charge in [0.2, 0.25) is 0 Å². The maximum atomic E-state index is 10.8. The zero-order valence-corrected chi connectivity index (χ0v) is 13.6. The molecule has 2 rings (SSSR count). The lowest BCUT2D eigenvalue weighted by atomic mass is 10.1. The molecule has 0 saturated carbocycles. The number of nitrogens with zero attached hydrogens (tertiary/aromatic N) is 1. The van der Waals surface area contributed by atoms with Crippen molar-refractivity contribution in [2.75, 3.05) is 5.32 Å². The highest BCUT2D eigenvalue weighted by atomic mass is 79.9. The van der Waals surface area contributed by atoms with E-state index in [-0.39, 0.29) is 16.7 Å². The van der Waals surface area contributed by atoms with Gasteiger partial charge in [-0.3, -0.25) is 10.1 Å². The van der Waals surface area contributed by atoms with E-state index in [1.807, 2.05) is 19.1 Å². The summed E-state index contributed by atoms with van der Waals surface area (Å²) in [6.45, 7) is 4.01. The third kappa shape index (κ3) is 4.29. The van der Waals surface area contributed by atoms with Crippen molar-refractivity contribution in [3.63, 3.8) is 0 Å².